The summed E-state index contributed by atoms with van der Waals surface area (Å²) >= 11 is 0. The Balaban J connectivity index is 0.000000536. The summed E-state index contributed by atoms with van der Waals surface area (Å²) in [7, 11) is 0. The predicted octanol–water partition coefficient (Wildman–Crippen LogP) is 5.41. The van der Waals surface area contributed by atoms with Gasteiger partial charge in [-0.05, 0) is 109 Å². The van der Waals surface area contributed by atoms with E-state index in [1.54, 1.807) is 0 Å². The number of likely N-dealkylation sites (N-methyl/N-ethyl adjacent to an activating group) is 1. The lowest BCUT2D eigenvalue weighted by molar-refractivity contribution is 0.120. The Hall–Kier alpha value is -0.320. The highest BCUT2D eigenvalue weighted by Gasteiger charge is 2.26. The van der Waals surface area contributed by atoms with Crippen LogP contribution in [0.2, 0.25) is 0 Å². The minimum Gasteiger partial charge on any atom is -0.330 e. The molecule has 0 aromatic rings. The van der Waals surface area contributed by atoms with Gasteiger partial charge >= 0.3 is 0 Å². The summed E-state index contributed by atoms with van der Waals surface area (Å²) < 4.78 is 0. The molecule has 0 amide bonds. The Morgan fingerprint density at radius 2 is 0.872 bits per heavy atom. The van der Waals surface area contributed by atoms with Gasteiger partial charge in [-0.2, -0.15) is 0 Å². The van der Waals surface area contributed by atoms with Crippen LogP contribution in [0.15, 0.2) is 0 Å². The molecule has 0 heterocycles. The maximum atomic E-state index is 5.23. The summed E-state index contributed by atoms with van der Waals surface area (Å²) in [4.78, 5) is 8.20. The molecular formula is C39H84N8. The molecular weight excluding hydrogens is 580 g/mol. The molecule has 8 heteroatoms. The van der Waals surface area contributed by atoms with Gasteiger partial charge in [-0.1, -0.05) is 72.1 Å². The Bertz CT molecular complexity index is 661. The third kappa shape index (κ3) is 20.2. The lowest BCUT2D eigenvalue weighted by Crippen LogP contribution is -2.48. The zero-order chi connectivity index (χ0) is 33.8. The van der Waals surface area contributed by atoms with Gasteiger partial charge in [0.25, 0.3) is 0 Å². The van der Waals surface area contributed by atoms with E-state index in [4.69, 9.17) is 11.5 Å². The summed E-state index contributed by atoms with van der Waals surface area (Å²) in [6.07, 6.45) is 24.8. The Kier molecular flexibility index (Phi) is 26.8. The maximum absolute atomic E-state index is 5.23. The second-order valence-electron chi connectivity index (χ2n) is 15.0. The fraction of sp³-hybridized carbons (Fsp3) is 1.00. The first-order valence-electron chi connectivity index (χ1n) is 20.9. The normalized spacial score (nSPS) is 18.6. The van der Waals surface area contributed by atoms with Crippen molar-refractivity contribution in [1.29, 1.82) is 0 Å². The van der Waals surface area contributed by atoms with Crippen LogP contribution in [-0.4, -0.2) is 124 Å². The Morgan fingerprint density at radius 1 is 0.468 bits per heavy atom. The molecule has 0 aliphatic heterocycles. The number of rotatable bonds is 27. The largest absolute Gasteiger partial charge is 0.330 e. The van der Waals surface area contributed by atoms with Crippen LogP contribution in [0.25, 0.3) is 0 Å². The zero-order valence-electron chi connectivity index (χ0n) is 31.9. The number of hydrogen-bond acceptors (Lipinski definition) is 8. The van der Waals surface area contributed by atoms with E-state index < -0.39 is 0 Å². The van der Waals surface area contributed by atoms with Crippen molar-refractivity contribution in [1.82, 2.24) is 30.7 Å². The predicted molar refractivity (Wildman–Crippen MR) is 206 cm³/mol. The molecule has 0 radical (unpaired) electrons. The third-order valence-electron chi connectivity index (χ3n) is 11.3. The van der Waals surface area contributed by atoms with E-state index in [9.17, 15) is 0 Å². The van der Waals surface area contributed by atoms with Gasteiger partial charge in [0.15, 0.2) is 0 Å². The molecule has 4 aliphatic carbocycles. The molecule has 0 saturated heterocycles. The fourth-order valence-corrected chi connectivity index (χ4v) is 6.95. The standard InChI is InChI=1S/C29H60N6.C5H14N2.C5H10/c1-3-30-18-23-34(28-13-9-14-28)25-20-32-21-26-35(29-15-10-16-29)24-19-31-17-6-5-7-22-33(4-2)27-11-8-12-27;6-4-2-1-3-5-7;1-5-3-2-4-5/h27-32H,3-26H2,1-2H3;1-7H2;5H,2-4H2,1H3. The number of unbranched alkanes of at least 4 members (excludes halogenated alkanes) is 4. The van der Waals surface area contributed by atoms with E-state index in [0.717, 1.165) is 82.7 Å². The van der Waals surface area contributed by atoms with E-state index in [1.165, 1.54) is 149 Å². The summed E-state index contributed by atoms with van der Waals surface area (Å²) in [5, 5.41) is 11.0. The molecule has 0 spiro atoms. The first-order valence-corrected chi connectivity index (χ1v) is 20.9. The first kappa shape index (κ1) is 42.8. The van der Waals surface area contributed by atoms with Crippen LogP contribution in [0.4, 0.5) is 0 Å². The number of nitrogens with two attached hydrogens (primary N) is 2. The smallest absolute Gasteiger partial charge is 0.0110 e. The van der Waals surface area contributed by atoms with Crippen LogP contribution < -0.4 is 27.4 Å². The van der Waals surface area contributed by atoms with E-state index >= 15 is 0 Å². The topological polar surface area (TPSA) is 97.8 Å². The highest BCUT2D eigenvalue weighted by Crippen LogP contribution is 2.26. The second-order valence-corrected chi connectivity index (χ2v) is 15.0. The molecule has 0 aromatic heterocycles. The second kappa shape index (κ2) is 29.4. The van der Waals surface area contributed by atoms with Crippen LogP contribution in [0.1, 0.15) is 136 Å². The quantitative estimate of drug-likeness (QED) is 0.0745. The third-order valence-corrected chi connectivity index (χ3v) is 11.3. The number of nitrogens with zero attached hydrogens (tertiary/aromatic N) is 3. The van der Waals surface area contributed by atoms with Gasteiger partial charge in [0.1, 0.15) is 0 Å². The monoisotopic (exact) mass is 665 g/mol. The maximum Gasteiger partial charge on any atom is 0.0110 e. The molecule has 0 unspecified atom stereocenters. The van der Waals surface area contributed by atoms with Crippen LogP contribution in [0.5, 0.6) is 0 Å². The van der Waals surface area contributed by atoms with Gasteiger partial charge < -0.3 is 32.3 Å². The molecule has 0 aromatic carbocycles. The van der Waals surface area contributed by atoms with Gasteiger partial charge in [-0.3, -0.25) is 9.80 Å². The first-order chi connectivity index (χ1) is 23.1. The summed E-state index contributed by atoms with van der Waals surface area (Å²) in [5.74, 6) is 1.06. The van der Waals surface area contributed by atoms with Gasteiger partial charge in [0.2, 0.25) is 0 Å². The van der Waals surface area contributed by atoms with E-state index in [2.05, 4.69) is 51.4 Å². The van der Waals surface area contributed by atoms with Crippen molar-refractivity contribution in [3.63, 3.8) is 0 Å². The van der Waals surface area contributed by atoms with Crippen molar-refractivity contribution in [2.75, 3.05) is 91.6 Å². The van der Waals surface area contributed by atoms with Crippen LogP contribution >= 0.6 is 0 Å². The minimum absolute atomic E-state index is 0.806. The SMILES string of the molecule is CC1CCC1.CCNCCN(CCNCCN(CCNCCCCCN(CC)C1CCC1)C1CCC1)C1CCC1.NCCCCCN. The Labute approximate surface area is 293 Å². The van der Waals surface area contributed by atoms with Crippen molar-refractivity contribution in [3.05, 3.63) is 0 Å². The highest BCUT2D eigenvalue weighted by molar-refractivity contribution is 4.83. The molecule has 7 N–H and O–H groups in total. The van der Waals surface area contributed by atoms with E-state index in [-0.39, 0.29) is 0 Å². The van der Waals surface area contributed by atoms with E-state index in [1.807, 2.05) is 0 Å². The van der Waals surface area contributed by atoms with Crippen molar-refractivity contribution < 1.29 is 0 Å². The zero-order valence-corrected chi connectivity index (χ0v) is 31.9. The van der Waals surface area contributed by atoms with Gasteiger partial charge in [0, 0.05) is 70.5 Å². The van der Waals surface area contributed by atoms with Crippen molar-refractivity contribution >= 4 is 0 Å². The number of nitrogens with one attached hydrogen (secondary N) is 3. The number of hydrogen-bond donors (Lipinski definition) is 5. The minimum atomic E-state index is 0.806. The molecule has 8 nitrogen and oxygen atoms in total. The molecule has 47 heavy (non-hydrogen) atoms. The van der Waals surface area contributed by atoms with Crippen LogP contribution in [-0.2, 0) is 0 Å². The summed E-state index contributed by atoms with van der Waals surface area (Å²) in [6, 6.07) is 2.60. The van der Waals surface area contributed by atoms with Gasteiger partial charge in [0.05, 0.1) is 0 Å². The fourth-order valence-electron chi connectivity index (χ4n) is 6.95. The van der Waals surface area contributed by atoms with Crippen molar-refractivity contribution in [2.24, 2.45) is 17.4 Å². The molecule has 280 valence electrons. The molecule has 0 bridgehead atoms. The van der Waals surface area contributed by atoms with E-state index in [0.29, 0.717) is 0 Å². The lowest BCUT2D eigenvalue weighted by atomic mass is 9.88. The average Bonchev–Trinajstić information content (AvgIpc) is 2.98. The van der Waals surface area contributed by atoms with Crippen molar-refractivity contribution in [3.8, 4) is 0 Å². The molecule has 0 atom stereocenters. The van der Waals surface area contributed by atoms with Crippen molar-refractivity contribution in [2.45, 2.75) is 154 Å². The molecule has 4 rings (SSSR count). The molecule has 4 fully saturated rings. The average molecular weight is 665 g/mol. The summed E-state index contributed by atoms with van der Waals surface area (Å²) in [5.41, 5.74) is 10.5. The Morgan fingerprint density at radius 3 is 1.23 bits per heavy atom. The highest BCUT2D eigenvalue weighted by atomic mass is 15.2. The molecule has 4 saturated carbocycles. The van der Waals surface area contributed by atoms with Gasteiger partial charge in [-0.15, -0.1) is 0 Å². The van der Waals surface area contributed by atoms with Crippen LogP contribution in [0, 0.1) is 5.92 Å². The van der Waals surface area contributed by atoms with Gasteiger partial charge in [-0.25, -0.2) is 0 Å². The lowest BCUT2D eigenvalue weighted by Gasteiger charge is -2.38. The summed E-state index contributed by atoms with van der Waals surface area (Å²) in [6.45, 7) is 22.7. The molecule has 4 aliphatic rings. The van der Waals surface area contributed by atoms with Crippen LogP contribution in [0.3, 0.4) is 0 Å².